The first-order valence-corrected chi connectivity index (χ1v) is 7.41. The van der Waals surface area contributed by atoms with Crippen LogP contribution in [0.25, 0.3) is 0 Å². The van der Waals surface area contributed by atoms with E-state index in [2.05, 4.69) is 29.3 Å². The molecule has 0 aromatic carbocycles. The molecule has 1 N–H and O–H groups in total. The number of nitrogens with one attached hydrogen (secondary N) is 1. The third kappa shape index (κ3) is 6.98. The molecule has 0 aliphatic carbocycles. The Labute approximate surface area is 121 Å². The molecular formula is C14H27N3O3. The molecule has 0 aliphatic rings. The Bertz CT molecular complexity index is 338. The molecule has 0 amide bonds. The quantitative estimate of drug-likeness (QED) is 0.588. The third-order valence-corrected chi connectivity index (χ3v) is 2.96. The molecule has 1 heterocycles. The standard InChI is InChI=1S/C14H27N3O3/c1-4-6-12(15-5-2)11-14-16-13(17-20-14)7-8-19-10-9-18-3/h12,15H,4-11H2,1-3H3. The topological polar surface area (TPSA) is 69.4 Å². The van der Waals surface area contributed by atoms with E-state index in [0.29, 0.717) is 44.0 Å². The van der Waals surface area contributed by atoms with Crippen LogP contribution in [0.5, 0.6) is 0 Å². The van der Waals surface area contributed by atoms with Crippen LogP contribution in [0.1, 0.15) is 38.4 Å². The van der Waals surface area contributed by atoms with E-state index in [1.165, 1.54) is 0 Å². The molecule has 0 saturated heterocycles. The first-order chi connectivity index (χ1) is 9.80. The molecule has 116 valence electrons. The van der Waals surface area contributed by atoms with E-state index in [-0.39, 0.29) is 0 Å². The number of likely N-dealkylation sites (N-methyl/N-ethyl adjacent to an activating group) is 1. The largest absolute Gasteiger partial charge is 0.382 e. The van der Waals surface area contributed by atoms with Crippen LogP contribution in [-0.2, 0) is 22.3 Å². The van der Waals surface area contributed by atoms with E-state index in [1.807, 2.05) is 0 Å². The normalized spacial score (nSPS) is 12.8. The van der Waals surface area contributed by atoms with Crippen LogP contribution in [-0.4, -0.2) is 49.7 Å². The van der Waals surface area contributed by atoms with Gasteiger partial charge in [-0.05, 0) is 13.0 Å². The van der Waals surface area contributed by atoms with Gasteiger partial charge in [0.25, 0.3) is 0 Å². The van der Waals surface area contributed by atoms with Crippen LogP contribution in [0, 0.1) is 0 Å². The SMILES string of the molecule is CCCC(Cc1nc(CCOCCOC)no1)NCC. The zero-order valence-corrected chi connectivity index (χ0v) is 12.9. The van der Waals surface area contributed by atoms with E-state index in [1.54, 1.807) is 7.11 Å². The van der Waals surface area contributed by atoms with Gasteiger partial charge in [0.1, 0.15) is 0 Å². The van der Waals surface area contributed by atoms with Crippen molar-refractivity contribution in [3.8, 4) is 0 Å². The summed E-state index contributed by atoms with van der Waals surface area (Å²) in [6, 6.07) is 0.413. The number of nitrogens with zero attached hydrogens (tertiary/aromatic N) is 2. The van der Waals surface area contributed by atoms with Gasteiger partial charge in [-0.3, -0.25) is 0 Å². The second kappa shape index (κ2) is 10.8. The lowest BCUT2D eigenvalue weighted by atomic mass is 10.1. The molecule has 1 unspecified atom stereocenters. The number of hydrogen-bond donors (Lipinski definition) is 1. The maximum absolute atomic E-state index is 5.39. The van der Waals surface area contributed by atoms with E-state index in [4.69, 9.17) is 14.0 Å². The van der Waals surface area contributed by atoms with Gasteiger partial charge in [0.05, 0.1) is 19.8 Å². The summed E-state index contributed by atoms with van der Waals surface area (Å²) in [5.74, 6) is 1.42. The van der Waals surface area contributed by atoms with Gasteiger partial charge in [0, 0.05) is 26.0 Å². The highest BCUT2D eigenvalue weighted by atomic mass is 16.5. The minimum absolute atomic E-state index is 0.413. The molecule has 6 heteroatoms. The van der Waals surface area contributed by atoms with Crippen molar-refractivity contribution < 1.29 is 14.0 Å². The van der Waals surface area contributed by atoms with E-state index >= 15 is 0 Å². The summed E-state index contributed by atoms with van der Waals surface area (Å²) in [4.78, 5) is 4.40. The predicted octanol–water partition coefficient (Wildman–Crippen LogP) is 1.60. The van der Waals surface area contributed by atoms with Gasteiger partial charge < -0.3 is 19.3 Å². The van der Waals surface area contributed by atoms with Gasteiger partial charge in [-0.1, -0.05) is 25.4 Å². The van der Waals surface area contributed by atoms with Gasteiger partial charge in [-0.2, -0.15) is 4.98 Å². The van der Waals surface area contributed by atoms with E-state index < -0.39 is 0 Å². The smallest absolute Gasteiger partial charge is 0.228 e. The average Bonchev–Trinajstić information content (AvgIpc) is 2.87. The number of ether oxygens (including phenoxy) is 2. The van der Waals surface area contributed by atoms with Crippen molar-refractivity contribution >= 4 is 0 Å². The van der Waals surface area contributed by atoms with Crippen molar-refractivity contribution in [2.45, 2.75) is 45.6 Å². The van der Waals surface area contributed by atoms with E-state index in [9.17, 15) is 0 Å². The Kier molecular flexibility index (Phi) is 9.19. The molecule has 0 bridgehead atoms. The molecule has 0 aliphatic heterocycles. The first-order valence-electron chi connectivity index (χ1n) is 7.41. The minimum Gasteiger partial charge on any atom is -0.382 e. The highest BCUT2D eigenvalue weighted by Gasteiger charge is 2.13. The van der Waals surface area contributed by atoms with Crippen LogP contribution in [0.3, 0.4) is 0 Å². The summed E-state index contributed by atoms with van der Waals surface area (Å²) in [5, 5.41) is 7.42. The maximum atomic E-state index is 5.39. The minimum atomic E-state index is 0.413. The lowest BCUT2D eigenvalue weighted by molar-refractivity contribution is 0.0714. The molecule has 0 radical (unpaired) electrons. The second-order valence-electron chi connectivity index (χ2n) is 4.71. The predicted molar refractivity (Wildman–Crippen MR) is 76.8 cm³/mol. The summed E-state index contributed by atoms with van der Waals surface area (Å²) in [5.41, 5.74) is 0. The van der Waals surface area contributed by atoms with Crippen molar-refractivity contribution in [1.82, 2.24) is 15.5 Å². The molecule has 0 fully saturated rings. The van der Waals surface area contributed by atoms with Gasteiger partial charge in [0.2, 0.25) is 5.89 Å². The number of rotatable bonds is 12. The average molecular weight is 285 g/mol. The summed E-state index contributed by atoms with van der Waals surface area (Å²) >= 11 is 0. The van der Waals surface area contributed by atoms with Crippen molar-refractivity contribution in [3.05, 3.63) is 11.7 Å². The first kappa shape index (κ1) is 17.1. The second-order valence-corrected chi connectivity index (χ2v) is 4.71. The molecule has 1 rings (SSSR count). The maximum Gasteiger partial charge on any atom is 0.228 e. The van der Waals surface area contributed by atoms with E-state index in [0.717, 1.165) is 25.8 Å². The van der Waals surface area contributed by atoms with Crippen LogP contribution < -0.4 is 5.32 Å². The Morgan fingerprint density at radius 1 is 1.25 bits per heavy atom. The summed E-state index contributed by atoms with van der Waals surface area (Å²) in [7, 11) is 1.66. The number of aromatic nitrogens is 2. The molecular weight excluding hydrogens is 258 g/mol. The van der Waals surface area contributed by atoms with Crippen LogP contribution >= 0.6 is 0 Å². The fourth-order valence-corrected chi connectivity index (χ4v) is 2.01. The Morgan fingerprint density at radius 2 is 2.10 bits per heavy atom. The summed E-state index contributed by atoms with van der Waals surface area (Å²) in [6.07, 6.45) is 3.73. The molecule has 0 saturated carbocycles. The van der Waals surface area contributed by atoms with Crippen molar-refractivity contribution in [2.75, 3.05) is 33.5 Å². The lowest BCUT2D eigenvalue weighted by Gasteiger charge is -2.14. The molecule has 20 heavy (non-hydrogen) atoms. The third-order valence-electron chi connectivity index (χ3n) is 2.96. The molecule has 6 nitrogen and oxygen atoms in total. The van der Waals surface area contributed by atoms with Crippen LogP contribution in [0.4, 0.5) is 0 Å². The molecule has 1 aromatic rings. The highest BCUT2D eigenvalue weighted by molar-refractivity contribution is 4.89. The zero-order valence-electron chi connectivity index (χ0n) is 12.9. The molecule has 0 spiro atoms. The van der Waals surface area contributed by atoms with Crippen LogP contribution in [0.15, 0.2) is 4.52 Å². The lowest BCUT2D eigenvalue weighted by Crippen LogP contribution is -2.30. The molecule has 1 atom stereocenters. The Morgan fingerprint density at radius 3 is 2.80 bits per heavy atom. The van der Waals surface area contributed by atoms with Crippen molar-refractivity contribution in [2.24, 2.45) is 0 Å². The Balaban J connectivity index is 2.30. The fourth-order valence-electron chi connectivity index (χ4n) is 2.01. The monoisotopic (exact) mass is 285 g/mol. The van der Waals surface area contributed by atoms with Gasteiger partial charge >= 0.3 is 0 Å². The summed E-state index contributed by atoms with van der Waals surface area (Å²) in [6.45, 7) is 7.05. The number of hydrogen-bond acceptors (Lipinski definition) is 6. The van der Waals surface area contributed by atoms with Crippen LogP contribution in [0.2, 0.25) is 0 Å². The van der Waals surface area contributed by atoms with Crippen molar-refractivity contribution in [3.63, 3.8) is 0 Å². The number of methoxy groups -OCH3 is 1. The molecule has 1 aromatic heterocycles. The van der Waals surface area contributed by atoms with Gasteiger partial charge in [-0.25, -0.2) is 0 Å². The van der Waals surface area contributed by atoms with Gasteiger partial charge in [0.15, 0.2) is 5.82 Å². The van der Waals surface area contributed by atoms with Crippen molar-refractivity contribution in [1.29, 1.82) is 0 Å². The zero-order chi connectivity index (χ0) is 14.6. The highest BCUT2D eigenvalue weighted by Crippen LogP contribution is 2.06. The fraction of sp³-hybridized carbons (Fsp3) is 0.857. The van der Waals surface area contributed by atoms with Gasteiger partial charge in [-0.15, -0.1) is 0 Å². The Hall–Kier alpha value is -0.980. The summed E-state index contributed by atoms with van der Waals surface area (Å²) < 4.78 is 15.6.